The molecule has 0 aliphatic carbocycles. The van der Waals surface area contributed by atoms with E-state index in [0.29, 0.717) is 36.5 Å². The van der Waals surface area contributed by atoms with Gasteiger partial charge in [-0.2, -0.15) is 5.10 Å². The van der Waals surface area contributed by atoms with Crippen LogP contribution in [0.15, 0.2) is 59.7 Å². The van der Waals surface area contributed by atoms with Gasteiger partial charge in [-0.25, -0.2) is 5.43 Å². The summed E-state index contributed by atoms with van der Waals surface area (Å²) >= 11 is 5.91. The Morgan fingerprint density at radius 1 is 1.08 bits per heavy atom. The fourth-order valence-corrected chi connectivity index (χ4v) is 3.16. The second-order valence-corrected chi connectivity index (χ2v) is 6.66. The van der Waals surface area contributed by atoms with Crippen LogP contribution in [0, 0.1) is 5.92 Å². The lowest BCUT2D eigenvalue weighted by Gasteiger charge is -2.31. The van der Waals surface area contributed by atoms with Gasteiger partial charge < -0.3 is 4.90 Å². The number of rotatable bonds is 4. The highest BCUT2D eigenvalue weighted by Crippen LogP contribution is 2.19. The van der Waals surface area contributed by atoms with Crippen molar-refractivity contribution >= 4 is 29.6 Å². The first kappa shape index (κ1) is 18.1. The maximum Gasteiger partial charge on any atom is 0.253 e. The number of nitrogens with one attached hydrogen (secondary N) is 1. The number of amides is 2. The number of piperidine rings is 1. The van der Waals surface area contributed by atoms with Crippen LogP contribution < -0.4 is 5.43 Å². The zero-order chi connectivity index (χ0) is 18.4. The van der Waals surface area contributed by atoms with Crippen LogP contribution in [-0.2, 0) is 4.79 Å². The number of hydrogen-bond acceptors (Lipinski definition) is 3. The molecule has 26 heavy (non-hydrogen) atoms. The summed E-state index contributed by atoms with van der Waals surface area (Å²) in [5.41, 5.74) is 4.08. The Labute approximate surface area is 157 Å². The number of hydrazone groups is 1. The van der Waals surface area contributed by atoms with Crippen molar-refractivity contribution in [2.24, 2.45) is 11.0 Å². The van der Waals surface area contributed by atoms with E-state index in [-0.39, 0.29) is 17.7 Å². The van der Waals surface area contributed by atoms with Crippen molar-refractivity contribution in [1.29, 1.82) is 0 Å². The van der Waals surface area contributed by atoms with Crippen molar-refractivity contribution in [2.75, 3.05) is 13.1 Å². The van der Waals surface area contributed by atoms with Gasteiger partial charge in [0.15, 0.2) is 0 Å². The van der Waals surface area contributed by atoms with E-state index in [0.717, 1.165) is 5.56 Å². The summed E-state index contributed by atoms with van der Waals surface area (Å²) in [5, 5.41) is 4.62. The Kier molecular flexibility index (Phi) is 6.02. The van der Waals surface area contributed by atoms with E-state index in [1.807, 2.05) is 42.5 Å². The molecule has 3 rings (SSSR count). The third-order valence-electron chi connectivity index (χ3n) is 4.41. The minimum Gasteiger partial charge on any atom is -0.339 e. The van der Waals surface area contributed by atoms with Crippen LogP contribution in [0.5, 0.6) is 0 Å². The zero-order valence-electron chi connectivity index (χ0n) is 14.3. The zero-order valence-corrected chi connectivity index (χ0v) is 15.0. The van der Waals surface area contributed by atoms with Gasteiger partial charge in [0, 0.05) is 29.6 Å². The Morgan fingerprint density at radius 3 is 2.50 bits per heavy atom. The first-order valence-corrected chi connectivity index (χ1v) is 8.94. The molecule has 0 aromatic heterocycles. The first-order valence-electron chi connectivity index (χ1n) is 8.56. The third kappa shape index (κ3) is 4.70. The summed E-state index contributed by atoms with van der Waals surface area (Å²) < 4.78 is 0. The van der Waals surface area contributed by atoms with E-state index in [9.17, 15) is 9.59 Å². The molecule has 0 atom stereocenters. The quantitative estimate of drug-likeness (QED) is 0.663. The first-order chi connectivity index (χ1) is 12.6. The van der Waals surface area contributed by atoms with Gasteiger partial charge in [-0.1, -0.05) is 41.9 Å². The Balaban J connectivity index is 1.48. The normalized spacial score (nSPS) is 15.2. The molecule has 0 unspecified atom stereocenters. The van der Waals surface area contributed by atoms with Crippen LogP contribution in [0.25, 0.3) is 0 Å². The van der Waals surface area contributed by atoms with Crippen LogP contribution in [0.3, 0.4) is 0 Å². The third-order valence-corrected chi connectivity index (χ3v) is 4.65. The van der Waals surface area contributed by atoms with E-state index >= 15 is 0 Å². The highest BCUT2D eigenvalue weighted by atomic mass is 35.5. The molecule has 0 saturated carbocycles. The number of likely N-dealkylation sites (tertiary alicyclic amines) is 1. The molecular weight excluding hydrogens is 350 g/mol. The molecule has 2 aromatic carbocycles. The van der Waals surface area contributed by atoms with Crippen LogP contribution in [-0.4, -0.2) is 36.0 Å². The topological polar surface area (TPSA) is 61.8 Å². The molecule has 134 valence electrons. The molecule has 0 radical (unpaired) electrons. The van der Waals surface area contributed by atoms with E-state index in [1.165, 1.54) is 0 Å². The van der Waals surface area contributed by atoms with Crippen LogP contribution >= 0.6 is 11.6 Å². The summed E-state index contributed by atoms with van der Waals surface area (Å²) in [4.78, 5) is 26.5. The summed E-state index contributed by atoms with van der Waals surface area (Å²) in [6.07, 6.45) is 2.84. The summed E-state index contributed by atoms with van der Waals surface area (Å²) in [6, 6.07) is 16.4. The lowest BCUT2D eigenvalue weighted by Crippen LogP contribution is -2.42. The maximum absolute atomic E-state index is 12.4. The largest absolute Gasteiger partial charge is 0.339 e. The fourth-order valence-electron chi connectivity index (χ4n) is 2.96. The van der Waals surface area contributed by atoms with Crippen molar-refractivity contribution in [3.8, 4) is 0 Å². The SMILES string of the molecule is O=C(N/N=C\c1cccc(Cl)c1)C1CCN(C(=O)c2ccccc2)CC1. The molecule has 1 fully saturated rings. The molecule has 0 bridgehead atoms. The van der Waals surface area contributed by atoms with E-state index in [4.69, 9.17) is 11.6 Å². The van der Waals surface area contributed by atoms with Crippen molar-refractivity contribution < 1.29 is 9.59 Å². The number of benzene rings is 2. The minimum atomic E-state index is -0.133. The van der Waals surface area contributed by atoms with E-state index in [1.54, 1.807) is 23.2 Å². The monoisotopic (exact) mass is 369 g/mol. The number of nitrogens with zero attached hydrogens (tertiary/aromatic N) is 2. The van der Waals surface area contributed by atoms with Crippen molar-refractivity contribution in [2.45, 2.75) is 12.8 Å². The van der Waals surface area contributed by atoms with E-state index < -0.39 is 0 Å². The molecule has 1 aliphatic heterocycles. The standard InChI is InChI=1S/C20H20ClN3O2/c21-18-8-4-5-15(13-18)14-22-23-19(25)16-9-11-24(12-10-16)20(26)17-6-2-1-3-7-17/h1-8,13-14,16H,9-12H2,(H,23,25)/b22-14-. The van der Waals surface area contributed by atoms with Crippen molar-refractivity contribution in [3.63, 3.8) is 0 Å². The number of halogens is 1. The molecule has 1 heterocycles. The van der Waals surface area contributed by atoms with Crippen LogP contribution in [0.2, 0.25) is 5.02 Å². The molecule has 5 nitrogen and oxygen atoms in total. The lowest BCUT2D eigenvalue weighted by molar-refractivity contribution is -0.126. The second kappa shape index (κ2) is 8.63. The molecule has 2 aromatic rings. The van der Waals surface area contributed by atoms with Crippen molar-refractivity contribution in [1.82, 2.24) is 10.3 Å². The fraction of sp³-hybridized carbons (Fsp3) is 0.250. The van der Waals surface area contributed by atoms with Gasteiger partial charge in [-0.3, -0.25) is 9.59 Å². The molecule has 6 heteroatoms. The van der Waals surface area contributed by atoms with Gasteiger partial charge in [0.1, 0.15) is 0 Å². The highest BCUT2D eigenvalue weighted by molar-refractivity contribution is 6.30. The number of carbonyl (C=O) groups excluding carboxylic acids is 2. The molecule has 0 spiro atoms. The second-order valence-electron chi connectivity index (χ2n) is 6.22. The summed E-state index contributed by atoms with van der Waals surface area (Å²) in [6.45, 7) is 1.15. The molecule has 1 saturated heterocycles. The maximum atomic E-state index is 12.4. The Bertz CT molecular complexity index is 800. The van der Waals surface area contributed by atoms with Gasteiger partial charge in [-0.15, -0.1) is 0 Å². The lowest BCUT2D eigenvalue weighted by atomic mass is 9.95. The summed E-state index contributed by atoms with van der Waals surface area (Å²) in [5.74, 6) is -0.232. The van der Waals surface area contributed by atoms with Gasteiger partial charge >= 0.3 is 0 Å². The van der Waals surface area contributed by atoms with Gasteiger partial charge in [0.05, 0.1) is 6.21 Å². The van der Waals surface area contributed by atoms with Crippen LogP contribution in [0.1, 0.15) is 28.8 Å². The van der Waals surface area contributed by atoms with Crippen LogP contribution in [0.4, 0.5) is 0 Å². The minimum absolute atomic E-state index is 0.0171. The highest BCUT2D eigenvalue weighted by Gasteiger charge is 2.27. The average Bonchev–Trinajstić information content (AvgIpc) is 2.68. The summed E-state index contributed by atoms with van der Waals surface area (Å²) in [7, 11) is 0. The van der Waals surface area contributed by atoms with Gasteiger partial charge in [0.25, 0.3) is 5.91 Å². The molecule has 1 N–H and O–H groups in total. The predicted molar refractivity (Wildman–Crippen MR) is 102 cm³/mol. The van der Waals surface area contributed by atoms with Gasteiger partial charge in [-0.05, 0) is 42.7 Å². The number of carbonyl (C=O) groups is 2. The van der Waals surface area contributed by atoms with Gasteiger partial charge in [0.2, 0.25) is 5.91 Å². The number of hydrogen-bond donors (Lipinski definition) is 1. The van der Waals surface area contributed by atoms with E-state index in [2.05, 4.69) is 10.5 Å². The smallest absolute Gasteiger partial charge is 0.253 e. The Hall–Kier alpha value is -2.66. The van der Waals surface area contributed by atoms with Crippen molar-refractivity contribution in [3.05, 3.63) is 70.7 Å². The Morgan fingerprint density at radius 2 is 1.81 bits per heavy atom. The molecule has 1 aliphatic rings. The molecule has 2 amide bonds. The average molecular weight is 370 g/mol. The predicted octanol–water partition coefficient (Wildman–Crippen LogP) is 3.34. The molecular formula is C20H20ClN3O2.